The van der Waals surface area contributed by atoms with Crippen LogP contribution in [0.1, 0.15) is 32.6 Å². The number of esters is 1. The molecule has 0 spiro atoms. The highest BCUT2D eigenvalue weighted by Gasteiger charge is 2.48. The SMILES string of the molecule is CCOC(=O)[C@@H]1C2CCC(CC2)[C@H]1Nc1nc(-c2c[nH]c3ncc(Cl)nc23)nc(-c2ccc(F)s2)c1F. The van der Waals surface area contributed by atoms with Crippen LogP contribution >= 0.6 is 22.9 Å². The third kappa shape index (κ3) is 4.33. The van der Waals surface area contributed by atoms with Gasteiger partial charge in [0.2, 0.25) is 0 Å². The Kier molecular flexibility index (Phi) is 6.28. The number of rotatable bonds is 6. The van der Waals surface area contributed by atoms with E-state index in [4.69, 9.17) is 16.3 Å². The van der Waals surface area contributed by atoms with Crippen molar-refractivity contribution < 1.29 is 18.3 Å². The molecule has 3 aliphatic rings. The zero-order valence-corrected chi connectivity index (χ0v) is 21.4. The molecule has 0 saturated heterocycles. The second-order valence-electron chi connectivity index (χ2n) is 9.38. The van der Waals surface area contributed by atoms with Crippen LogP contribution in [0.5, 0.6) is 0 Å². The van der Waals surface area contributed by atoms with Gasteiger partial charge in [0.05, 0.1) is 29.2 Å². The van der Waals surface area contributed by atoms with Gasteiger partial charge in [0.25, 0.3) is 0 Å². The molecular formula is C25H23ClF2N6O2S. The fourth-order valence-corrected chi connectivity index (χ4v) is 6.55. The molecule has 192 valence electrons. The molecule has 2 atom stereocenters. The van der Waals surface area contributed by atoms with Crippen LogP contribution in [0.25, 0.3) is 33.1 Å². The number of nitrogens with zero attached hydrogens (tertiary/aromatic N) is 4. The average molecular weight is 545 g/mol. The molecule has 0 amide bonds. The Bertz CT molecular complexity index is 1490. The number of hydrogen-bond donors (Lipinski definition) is 2. The summed E-state index contributed by atoms with van der Waals surface area (Å²) in [6, 6.07) is 2.41. The third-order valence-corrected chi connectivity index (χ3v) is 8.39. The Morgan fingerprint density at radius 2 is 1.97 bits per heavy atom. The first-order valence-electron chi connectivity index (χ1n) is 12.2. The first kappa shape index (κ1) is 24.2. The molecule has 37 heavy (non-hydrogen) atoms. The van der Waals surface area contributed by atoms with Gasteiger partial charge in [0, 0.05) is 12.2 Å². The molecule has 3 aliphatic carbocycles. The Hall–Kier alpha value is -3.18. The van der Waals surface area contributed by atoms with Gasteiger partial charge in [-0.05, 0) is 56.6 Å². The molecule has 4 aromatic heterocycles. The Morgan fingerprint density at radius 1 is 1.19 bits per heavy atom. The van der Waals surface area contributed by atoms with E-state index in [2.05, 4.69) is 30.2 Å². The summed E-state index contributed by atoms with van der Waals surface area (Å²) in [7, 11) is 0. The van der Waals surface area contributed by atoms with Crippen LogP contribution in [0.2, 0.25) is 5.15 Å². The fraction of sp³-hybridized carbons (Fsp3) is 0.400. The van der Waals surface area contributed by atoms with Crippen molar-refractivity contribution in [1.29, 1.82) is 0 Å². The van der Waals surface area contributed by atoms with Crippen LogP contribution in [0.15, 0.2) is 24.5 Å². The number of aromatic nitrogens is 5. The lowest BCUT2D eigenvalue weighted by Gasteiger charge is -2.47. The predicted molar refractivity (Wildman–Crippen MR) is 136 cm³/mol. The van der Waals surface area contributed by atoms with Crippen molar-refractivity contribution >= 4 is 45.9 Å². The van der Waals surface area contributed by atoms with E-state index in [1.807, 2.05) is 0 Å². The van der Waals surface area contributed by atoms with Crippen LogP contribution in [0.4, 0.5) is 14.6 Å². The molecule has 0 aromatic carbocycles. The average Bonchev–Trinajstić information content (AvgIpc) is 3.52. The van der Waals surface area contributed by atoms with E-state index in [0.29, 0.717) is 21.6 Å². The number of carbonyl (C=O) groups excluding carboxylic acids is 1. The zero-order chi connectivity index (χ0) is 25.7. The van der Waals surface area contributed by atoms with Crippen molar-refractivity contribution in [1.82, 2.24) is 24.9 Å². The first-order valence-corrected chi connectivity index (χ1v) is 13.4. The van der Waals surface area contributed by atoms with Crippen LogP contribution < -0.4 is 5.32 Å². The van der Waals surface area contributed by atoms with Crippen molar-refractivity contribution in [2.45, 2.75) is 38.6 Å². The molecular weight excluding hydrogens is 522 g/mol. The molecule has 12 heteroatoms. The zero-order valence-electron chi connectivity index (χ0n) is 19.8. The van der Waals surface area contributed by atoms with E-state index >= 15 is 4.39 Å². The molecule has 0 unspecified atom stereocenters. The van der Waals surface area contributed by atoms with Crippen LogP contribution in [0, 0.1) is 28.7 Å². The molecule has 2 N–H and O–H groups in total. The highest BCUT2D eigenvalue weighted by Crippen LogP contribution is 2.47. The molecule has 0 radical (unpaired) electrons. The number of fused-ring (bicyclic) bond motifs is 4. The third-order valence-electron chi connectivity index (χ3n) is 7.33. The first-order chi connectivity index (χ1) is 17.9. The minimum atomic E-state index is -0.710. The number of anilines is 1. The Morgan fingerprint density at radius 3 is 2.70 bits per heavy atom. The van der Waals surface area contributed by atoms with Gasteiger partial charge in [-0.3, -0.25) is 4.79 Å². The second-order valence-corrected chi connectivity index (χ2v) is 10.8. The summed E-state index contributed by atoms with van der Waals surface area (Å²) in [5.74, 6) is -0.912. The van der Waals surface area contributed by atoms with Crippen molar-refractivity contribution in [2.24, 2.45) is 17.8 Å². The number of nitrogens with one attached hydrogen (secondary N) is 2. The van der Waals surface area contributed by atoms with E-state index in [1.54, 1.807) is 13.1 Å². The Labute approximate surface area is 219 Å². The van der Waals surface area contributed by atoms with Gasteiger partial charge >= 0.3 is 5.97 Å². The molecule has 0 aliphatic heterocycles. The molecule has 7 rings (SSSR count). The van der Waals surface area contributed by atoms with Gasteiger partial charge in [0.15, 0.2) is 28.2 Å². The maximum absolute atomic E-state index is 16.0. The highest BCUT2D eigenvalue weighted by atomic mass is 35.5. The van der Waals surface area contributed by atoms with Gasteiger partial charge in [-0.2, -0.15) is 4.39 Å². The number of ether oxygens (including phenoxy) is 1. The van der Waals surface area contributed by atoms with E-state index in [1.165, 1.54) is 18.3 Å². The molecule has 8 nitrogen and oxygen atoms in total. The van der Waals surface area contributed by atoms with Crippen LogP contribution in [0.3, 0.4) is 0 Å². The van der Waals surface area contributed by atoms with E-state index < -0.39 is 16.9 Å². The molecule has 3 fully saturated rings. The number of H-pyrrole nitrogens is 1. The summed E-state index contributed by atoms with van der Waals surface area (Å²) < 4.78 is 35.3. The Balaban J connectivity index is 1.47. The molecule has 3 saturated carbocycles. The minimum absolute atomic E-state index is 0.0422. The molecule has 4 aromatic rings. The lowest BCUT2D eigenvalue weighted by atomic mass is 9.61. The van der Waals surface area contributed by atoms with E-state index in [9.17, 15) is 9.18 Å². The molecule has 2 bridgehead atoms. The normalized spacial score (nSPS) is 22.9. The largest absolute Gasteiger partial charge is 0.466 e. The highest BCUT2D eigenvalue weighted by molar-refractivity contribution is 7.13. The van der Waals surface area contributed by atoms with Gasteiger partial charge in [-0.25, -0.2) is 24.3 Å². The lowest BCUT2D eigenvalue weighted by Crippen LogP contribution is -2.52. The number of thiophene rings is 1. The lowest BCUT2D eigenvalue weighted by molar-refractivity contribution is -0.154. The summed E-state index contributed by atoms with van der Waals surface area (Å²) in [5.41, 5.74) is 1.32. The fourth-order valence-electron chi connectivity index (χ4n) is 5.70. The summed E-state index contributed by atoms with van der Waals surface area (Å²) in [5, 5.41) is 2.99. The summed E-state index contributed by atoms with van der Waals surface area (Å²) in [4.78, 5) is 33.8. The monoisotopic (exact) mass is 544 g/mol. The van der Waals surface area contributed by atoms with Crippen molar-refractivity contribution in [3.63, 3.8) is 0 Å². The number of halogens is 3. The smallest absolute Gasteiger partial charge is 0.311 e. The predicted octanol–water partition coefficient (Wildman–Crippen LogP) is 5.85. The molecule has 4 heterocycles. The van der Waals surface area contributed by atoms with Gasteiger partial charge < -0.3 is 15.0 Å². The number of aromatic amines is 1. The number of carbonyl (C=O) groups is 1. The maximum Gasteiger partial charge on any atom is 0.311 e. The van der Waals surface area contributed by atoms with Crippen molar-refractivity contribution in [3.8, 4) is 22.0 Å². The van der Waals surface area contributed by atoms with E-state index in [0.717, 1.165) is 37.0 Å². The maximum atomic E-state index is 16.0. The summed E-state index contributed by atoms with van der Waals surface area (Å²) in [6.45, 7) is 2.06. The van der Waals surface area contributed by atoms with Gasteiger partial charge in [-0.1, -0.05) is 11.6 Å². The quantitative estimate of drug-likeness (QED) is 0.293. The summed E-state index contributed by atoms with van der Waals surface area (Å²) in [6.07, 6.45) is 6.81. The summed E-state index contributed by atoms with van der Waals surface area (Å²) >= 11 is 6.86. The van der Waals surface area contributed by atoms with E-state index in [-0.39, 0.29) is 52.9 Å². The second kappa shape index (κ2) is 9.60. The van der Waals surface area contributed by atoms with Gasteiger partial charge in [0.1, 0.15) is 16.4 Å². The number of hydrogen-bond acceptors (Lipinski definition) is 8. The standard InChI is InChI=1S/C25H23ClF2N6O2S/c1-2-36-25(35)17-11-3-5-12(6-4-11)19(17)32-23-18(28)21(14-7-8-16(27)37-14)33-22(34-23)13-9-29-24-20(13)31-15(26)10-30-24/h7-12,17,19H,2-6H2,1H3,(H,29,30)(H,32,33,34)/t11?,12?,17-,19-/m1/s1. The van der Waals surface area contributed by atoms with Gasteiger partial charge in [-0.15, -0.1) is 11.3 Å². The van der Waals surface area contributed by atoms with Crippen molar-refractivity contribution in [2.75, 3.05) is 11.9 Å². The van der Waals surface area contributed by atoms with Crippen molar-refractivity contribution in [3.05, 3.63) is 40.6 Å². The van der Waals surface area contributed by atoms with Crippen LogP contribution in [-0.2, 0) is 9.53 Å². The topological polar surface area (TPSA) is 106 Å². The van der Waals surface area contributed by atoms with Crippen LogP contribution in [-0.4, -0.2) is 43.5 Å². The minimum Gasteiger partial charge on any atom is -0.466 e.